The molecule has 9 rings (SSSR count). The fourth-order valence-corrected chi connectivity index (χ4v) is 12.0. The zero-order chi connectivity index (χ0) is 32.7. The molecule has 7 atom stereocenters. The number of nitrogens with zero attached hydrogens (tertiary/aromatic N) is 1. The summed E-state index contributed by atoms with van der Waals surface area (Å²) < 4.78 is 7.13. The molecule has 240 valence electrons. The second-order valence-electron chi connectivity index (χ2n) is 12.9. The fourth-order valence-electron chi connectivity index (χ4n) is 8.75. The number of amides is 3. The molecule has 0 spiro atoms. The SMILES string of the molecule is O=C(COc1ccc(Br)cc1[C@H]1c2sc(=O)[nH]c2SC2C1[C@H]1C[C@@H]2C2C(=O)N(c3ccccc3)C(=O)C21)Nc1cccc2ccccc12. The quantitative estimate of drug-likeness (QED) is 0.181. The minimum atomic E-state index is -0.410. The van der Waals surface area contributed by atoms with Gasteiger partial charge in [-0.15, -0.1) is 11.8 Å². The van der Waals surface area contributed by atoms with Crippen molar-refractivity contribution in [3.63, 3.8) is 0 Å². The minimum absolute atomic E-state index is 0.00205. The van der Waals surface area contributed by atoms with Crippen molar-refractivity contribution in [1.29, 1.82) is 0 Å². The Hall–Kier alpha value is -4.19. The van der Waals surface area contributed by atoms with Gasteiger partial charge in [0.1, 0.15) is 5.75 Å². The Balaban J connectivity index is 1.05. The number of anilines is 2. The van der Waals surface area contributed by atoms with E-state index in [1.54, 1.807) is 11.8 Å². The number of hydrogen-bond acceptors (Lipinski definition) is 7. The zero-order valence-corrected chi connectivity index (χ0v) is 28.5. The maximum atomic E-state index is 14.1. The Morgan fingerprint density at radius 2 is 1.67 bits per heavy atom. The van der Waals surface area contributed by atoms with Crippen molar-refractivity contribution >= 4 is 78.9 Å². The predicted octanol–water partition coefficient (Wildman–Crippen LogP) is 7.05. The third-order valence-corrected chi connectivity index (χ3v) is 13.5. The molecule has 0 radical (unpaired) electrons. The summed E-state index contributed by atoms with van der Waals surface area (Å²) in [7, 11) is 0. The lowest BCUT2D eigenvalue weighted by atomic mass is 9.68. The van der Waals surface area contributed by atoms with Crippen LogP contribution in [-0.2, 0) is 14.4 Å². The molecule has 4 aliphatic rings. The third-order valence-electron chi connectivity index (χ3n) is 10.5. The average Bonchev–Trinajstić information content (AvgIpc) is 3.83. The lowest BCUT2D eigenvalue weighted by molar-refractivity contribution is -0.123. The summed E-state index contributed by atoms with van der Waals surface area (Å²) in [5, 5.41) is 5.82. The number of carbonyl (C=O) groups is 3. The number of para-hydroxylation sites is 1. The van der Waals surface area contributed by atoms with Crippen LogP contribution in [0.1, 0.15) is 22.8 Å². The van der Waals surface area contributed by atoms with Crippen molar-refractivity contribution in [2.45, 2.75) is 22.6 Å². The van der Waals surface area contributed by atoms with Gasteiger partial charge in [-0.3, -0.25) is 24.1 Å². The van der Waals surface area contributed by atoms with Gasteiger partial charge in [-0.1, -0.05) is 81.9 Å². The summed E-state index contributed by atoms with van der Waals surface area (Å²) in [5.74, 6) is -1.07. The lowest BCUT2D eigenvalue weighted by Crippen LogP contribution is -2.42. The summed E-state index contributed by atoms with van der Waals surface area (Å²) >= 11 is 6.49. The van der Waals surface area contributed by atoms with E-state index in [1.807, 2.05) is 91.0 Å². The first kappa shape index (κ1) is 29.9. The van der Waals surface area contributed by atoms with Gasteiger partial charge < -0.3 is 15.0 Å². The monoisotopic (exact) mass is 737 g/mol. The minimum Gasteiger partial charge on any atom is -0.483 e. The van der Waals surface area contributed by atoms with Crippen molar-refractivity contribution in [3.8, 4) is 5.75 Å². The molecular formula is C37H28BrN3O5S2. The van der Waals surface area contributed by atoms with E-state index in [0.717, 1.165) is 37.1 Å². The summed E-state index contributed by atoms with van der Waals surface area (Å²) in [6.07, 6.45) is 0.783. The smallest absolute Gasteiger partial charge is 0.305 e. The van der Waals surface area contributed by atoms with Crippen molar-refractivity contribution in [1.82, 2.24) is 4.98 Å². The number of hydrogen-bond donors (Lipinski definition) is 2. The van der Waals surface area contributed by atoms with E-state index in [4.69, 9.17) is 4.74 Å². The third kappa shape index (κ3) is 4.62. The van der Waals surface area contributed by atoms with Crippen LogP contribution in [0.5, 0.6) is 5.75 Å². The first-order valence-corrected chi connectivity index (χ1v) is 18.4. The molecule has 2 bridgehead atoms. The van der Waals surface area contributed by atoms with E-state index in [2.05, 4.69) is 26.2 Å². The van der Waals surface area contributed by atoms with Crippen LogP contribution in [0.25, 0.3) is 10.8 Å². The van der Waals surface area contributed by atoms with E-state index in [9.17, 15) is 19.2 Å². The number of carbonyl (C=O) groups excluding carboxylic acids is 3. The molecule has 1 aromatic heterocycles. The number of ether oxygens (including phenoxy) is 1. The van der Waals surface area contributed by atoms with Crippen molar-refractivity contribution < 1.29 is 19.1 Å². The second-order valence-corrected chi connectivity index (χ2v) is 16.0. The van der Waals surface area contributed by atoms with Crippen LogP contribution in [0, 0.1) is 29.6 Å². The first-order valence-electron chi connectivity index (χ1n) is 15.9. The number of rotatable bonds is 6. The number of aromatic amines is 1. The highest BCUT2D eigenvalue weighted by Gasteiger charge is 2.69. The van der Waals surface area contributed by atoms with Crippen LogP contribution in [0.15, 0.2) is 105 Å². The molecule has 3 heterocycles. The summed E-state index contributed by atoms with van der Waals surface area (Å²) in [6, 6.07) is 28.6. The molecule has 5 aromatic rings. The van der Waals surface area contributed by atoms with Gasteiger partial charge >= 0.3 is 4.87 Å². The molecule has 2 N–H and O–H groups in total. The number of aromatic nitrogens is 1. The molecule has 48 heavy (non-hydrogen) atoms. The maximum absolute atomic E-state index is 14.1. The summed E-state index contributed by atoms with van der Waals surface area (Å²) in [6.45, 7) is -0.209. The number of H-pyrrole nitrogens is 1. The van der Waals surface area contributed by atoms with Crippen LogP contribution in [-0.4, -0.2) is 34.6 Å². The summed E-state index contributed by atoms with van der Waals surface area (Å²) in [4.78, 5) is 59.2. The summed E-state index contributed by atoms with van der Waals surface area (Å²) in [5.41, 5.74) is 2.18. The topological polar surface area (TPSA) is 109 Å². The molecule has 1 saturated heterocycles. The Bertz CT molecular complexity index is 2200. The van der Waals surface area contributed by atoms with Crippen molar-refractivity contribution in [2.75, 3.05) is 16.8 Å². The molecule has 2 aliphatic carbocycles. The Morgan fingerprint density at radius 3 is 2.50 bits per heavy atom. The van der Waals surface area contributed by atoms with Gasteiger partial charge in [0, 0.05) is 37.2 Å². The van der Waals surface area contributed by atoms with Crippen LogP contribution < -0.4 is 19.8 Å². The zero-order valence-electron chi connectivity index (χ0n) is 25.3. The highest BCUT2D eigenvalue weighted by atomic mass is 79.9. The molecule has 2 saturated carbocycles. The van der Waals surface area contributed by atoms with Crippen molar-refractivity contribution in [3.05, 3.63) is 116 Å². The van der Waals surface area contributed by atoms with E-state index in [-0.39, 0.29) is 64.0 Å². The number of imide groups is 1. The number of halogens is 1. The van der Waals surface area contributed by atoms with Crippen LogP contribution in [0.3, 0.4) is 0 Å². The molecule has 4 aromatic carbocycles. The molecule has 11 heteroatoms. The van der Waals surface area contributed by atoms with Gasteiger partial charge in [0.15, 0.2) is 6.61 Å². The Morgan fingerprint density at radius 1 is 0.917 bits per heavy atom. The van der Waals surface area contributed by atoms with Gasteiger partial charge in [0.25, 0.3) is 5.91 Å². The standard InChI is InChI=1S/C37H28BrN3O5S2/c38-19-13-14-26(46-17-27(42)39-25-12-6-8-18-7-4-5-11-21(18)25)22(15-19)28-29-23-16-24(32(29)47-34-33(28)48-37(45)40-34)31-30(23)35(43)41(36(31)44)20-9-2-1-3-10-20/h1-15,23-24,28-32H,16-17H2,(H,39,42)(H,40,45)/t23-,24-,28-,29?,30?,31?,32?/m1/s1. The number of thioether (sulfide) groups is 1. The average molecular weight is 739 g/mol. The van der Waals surface area contributed by atoms with Crippen molar-refractivity contribution in [2.24, 2.45) is 29.6 Å². The number of benzene rings is 4. The van der Waals surface area contributed by atoms with E-state index < -0.39 is 5.92 Å². The maximum Gasteiger partial charge on any atom is 0.305 e. The van der Waals surface area contributed by atoms with Crippen LogP contribution in [0.2, 0.25) is 0 Å². The highest BCUT2D eigenvalue weighted by Crippen LogP contribution is 2.69. The molecular weight excluding hydrogens is 710 g/mol. The molecule has 2 aliphatic heterocycles. The predicted molar refractivity (Wildman–Crippen MR) is 190 cm³/mol. The van der Waals surface area contributed by atoms with Gasteiger partial charge in [-0.05, 0) is 66.0 Å². The van der Waals surface area contributed by atoms with Gasteiger partial charge in [0.05, 0.1) is 22.5 Å². The Kier molecular flexibility index (Phi) is 7.14. The number of nitrogens with one attached hydrogen (secondary N) is 2. The van der Waals surface area contributed by atoms with Gasteiger partial charge in [0.2, 0.25) is 11.8 Å². The molecule has 4 unspecified atom stereocenters. The van der Waals surface area contributed by atoms with Crippen LogP contribution >= 0.6 is 39.0 Å². The molecule has 8 nitrogen and oxygen atoms in total. The van der Waals surface area contributed by atoms with E-state index in [0.29, 0.717) is 17.1 Å². The van der Waals surface area contributed by atoms with E-state index in [1.165, 1.54) is 16.2 Å². The normalized spacial score (nSPS) is 26.8. The second kappa shape index (κ2) is 11.5. The van der Waals surface area contributed by atoms with Gasteiger partial charge in [-0.2, -0.15) is 0 Å². The first-order chi connectivity index (χ1) is 23.4. The highest BCUT2D eigenvalue weighted by molar-refractivity contribution is 9.10. The largest absolute Gasteiger partial charge is 0.483 e. The fraction of sp³-hybridized carbons (Fsp3) is 0.243. The van der Waals surface area contributed by atoms with Crippen LogP contribution in [0.4, 0.5) is 11.4 Å². The number of fused-ring (bicyclic) bond motifs is 10. The Labute approximate surface area is 292 Å². The van der Waals surface area contributed by atoms with Gasteiger partial charge in [-0.25, -0.2) is 0 Å². The molecule has 3 amide bonds. The molecule has 3 fully saturated rings. The number of thiazole rings is 1. The van der Waals surface area contributed by atoms with E-state index >= 15 is 0 Å². The lowest BCUT2D eigenvalue weighted by Gasteiger charge is -2.43.